The lowest BCUT2D eigenvalue weighted by atomic mass is 9.79. The number of alkyl halides is 2. The van der Waals surface area contributed by atoms with Crippen molar-refractivity contribution in [3.63, 3.8) is 0 Å². The summed E-state index contributed by atoms with van der Waals surface area (Å²) in [5.41, 5.74) is 2.85. The predicted octanol–water partition coefficient (Wildman–Crippen LogP) is 3.60. The summed E-state index contributed by atoms with van der Waals surface area (Å²) in [4.78, 5) is 41.7. The van der Waals surface area contributed by atoms with Crippen molar-refractivity contribution in [1.82, 2.24) is 20.7 Å². The molecule has 7 atom stereocenters. The molecule has 0 aromatic rings. The van der Waals surface area contributed by atoms with Crippen LogP contribution in [-0.2, 0) is 24.4 Å². The van der Waals surface area contributed by atoms with Crippen LogP contribution in [0.2, 0.25) is 0 Å². The number of nitrogens with one attached hydrogen (secondary N) is 2. The Morgan fingerprint density at radius 3 is 2.02 bits per heavy atom. The summed E-state index contributed by atoms with van der Waals surface area (Å²) in [5, 5.41) is 20.5. The van der Waals surface area contributed by atoms with E-state index in [1.54, 1.807) is 9.91 Å². The molecule has 0 aliphatic heterocycles. The topological polar surface area (TPSA) is 162 Å². The summed E-state index contributed by atoms with van der Waals surface area (Å²) in [7, 11) is -4.06. The summed E-state index contributed by atoms with van der Waals surface area (Å²) >= 11 is 0. The first-order chi connectivity index (χ1) is 22.1. The summed E-state index contributed by atoms with van der Waals surface area (Å²) in [6.07, 6.45) is -0.351. The van der Waals surface area contributed by atoms with E-state index in [-0.39, 0.29) is 75.6 Å². The first-order valence-electron chi connectivity index (χ1n) is 17.7. The number of hydrogen-bond acceptors (Lipinski definition) is 7. The van der Waals surface area contributed by atoms with Crippen LogP contribution in [0.25, 0.3) is 0 Å². The molecule has 14 heteroatoms. The molecule has 0 spiro atoms. The molecule has 0 saturated heterocycles. The minimum Gasteiger partial charge on any atom is -0.390 e. The highest BCUT2D eigenvalue weighted by Crippen LogP contribution is 2.35. The molecule has 0 bridgehead atoms. The van der Waals surface area contributed by atoms with Gasteiger partial charge >= 0.3 is 0 Å². The highest BCUT2D eigenvalue weighted by molar-refractivity contribution is 7.89. The number of sulfonamides is 1. The average Bonchev–Trinajstić information content (AvgIpc) is 2.97. The molecule has 11 nitrogen and oxygen atoms in total. The van der Waals surface area contributed by atoms with Crippen LogP contribution in [0.4, 0.5) is 8.78 Å². The molecule has 2 aliphatic rings. The minimum absolute atomic E-state index is 0.0255. The van der Waals surface area contributed by atoms with Crippen LogP contribution in [-0.4, -0.2) is 97.1 Å². The first kappa shape index (κ1) is 41.3. The number of carbonyl (C=O) groups excluding carboxylic acids is 3. The van der Waals surface area contributed by atoms with E-state index >= 15 is 0 Å². The molecule has 47 heavy (non-hydrogen) atoms. The molecule has 0 aromatic heterocycles. The van der Waals surface area contributed by atoms with E-state index < -0.39 is 63.4 Å². The smallest absolute Gasteiger partial charge is 0.234 e. The molecule has 5 N–H and O–H groups in total. The number of nitrogens with zero attached hydrogens (tertiary/aromatic N) is 2. The lowest BCUT2D eigenvalue weighted by Gasteiger charge is -2.37. The third-order valence-corrected chi connectivity index (χ3v) is 10.6. The molecule has 7 unspecified atom stereocenters. The van der Waals surface area contributed by atoms with Gasteiger partial charge in [0.05, 0.1) is 17.4 Å². The Balaban J connectivity index is 2.33. The molecule has 0 radical (unpaired) electrons. The zero-order valence-electron chi connectivity index (χ0n) is 29.1. The molecular formula is C33H61F2N5O6S. The van der Waals surface area contributed by atoms with E-state index in [0.717, 1.165) is 25.7 Å². The van der Waals surface area contributed by atoms with Gasteiger partial charge in [-0.25, -0.2) is 27.3 Å². The summed E-state index contributed by atoms with van der Waals surface area (Å²) in [6, 6.07) is -0.933. The van der Waals surface area contributed by atoms with Crippen LogP contribution in [0.3, 0.4) is 0 Å². The number of hydrazine groups is 1. The number of carbonyl (C=O) groups is 3. The van der Waals surface area contributed by atoms with Crippen molar-refractivity contribution in [3.05, 3.63) is 0 Å². The molecule has 0 aromatic carbocycles. The maximum Gasteiger partial charge on any atom is 0.234 e. The van der Waals surface area contributed by atoms with Crippen LogP contribution >= 0.6 is 0 Å². The van der Waals surface area contributed by atoms with E-state index in [9.17, 15) is 36.7 Å². The van der Waals surface area contributed by atoms with Crippen LogP contribution in [0.1, 0.15) is 112 Å². The van der Waals surface area contributed by atoms with Crippen LogP contribution < -0.4 is 15.9 Å². The van der Waals surface area contributed by atoms with Gasteiger partial charge in [0.15, 0.2) is 0 Å². The Kier molecular flexibility index (Phi) is 17.5. The van der Waals surface area contributed by atoms with Gasteiger partial charge in [-0.3, -0.25) is 19.8 Å². The number of aliphatic hydroxyl groups excluding tert-OH is 1. The van der Waals surface area contributed by atoms with Crippen LogP contribution in [0.5, 0.6) is 0 Å². The van der Waals surface area contributed by atoms with Gasteiger partial charge in [0.25, 0.3) is 0 Å². The molecule has 3 amide bonds. The van der Waals surface area contributed by atoms with Crippen LogP contribution in [0.15, 0.2) is 0 Å². The van der Waals surface area contributed by atoms with Crippen molar-refractivity contribution in [2.45, 2.75) is 141 Å². The van der Waals surface area contributed by atoms with Gasteiger partial charge in [-0.1, -0.05) is 41.0 Å². The highest BCUT2D eigenvalue weighted by atomic mass is 32.2. The van der Waals surface area contributed by atoms with Gasteiger partial charge in [0.1, 0.15) is 12.3 Å². The number of halogens is 2. The Labute approximate surface area is 281 Å². The second kappa shape index (κ2) is 19.9. The Morgan fingerprint density at radius 1 is 0.894 bits per heavy atom. The SMILES string of the molecule is CCCCN(CC(O)C(CC1CC(F)CC(F)C1)NC(=O)C1CC(C(=O)N(CCC)CCC)CC(S(N)(=O)=O)C1)NC(=O)CC(C)C. The second-order valence-electron chi connectivity index (χ2n) is 14.3. The Hall–Kier alpha value is -1.90. The predicted molar refractivity (Wildman–Crippen MR) is 179 cm³/mol. The molecular weight excluding hydrogens is 632 g/mol. The van der Waals surface area contributed by atoms with Gasteiger partial charge in [0.2, 0.25) is 27.7 Å². The van der Waals surface area contributed by atoms with Crippen molar-refractivity contribution >= 4 is 27.7 Å². The number of hydrogen-bond donors (Lipinski definition) is 4. The monoisotopic (exact) mass is 693 g/mol. The van der Waals surface area contributed by atoms with E-state index in [0.29, 0.717) is 19.6 Å². The number of amides is 3. The quantitative estimate of drug-likeness (QED) is 0.150. The second-order valence-corrected chi connectivity index (χ2v) is 16.1. The molecule has 2 rings (SSSR count). The number of primary sulfonamides is 1. The molecule has 2 aliphatic carbocycles. The lowest BCUT2D eigenvalue weighted by molar-refractivity contribution is -0.138. The third-order valence-electron chi connectivity index (χ3n) is 9.28. The number of rotatable bonds is 19. The van der Waals surface area contributed by atoms with Gasteiger partial charge in [0, 0.05) is 50.9 Å². The zero-order valence-corrected chi connectivity index (χ0v) is 30.0. The van der Waals surface area contributed by atoms with E-state index in [2.05, 4.69) is 10.7 Å². The van der Waals surface area contributed by atoms with Crippen molar-refractivity contribution in [1.29, 1.82) is 0 Å². The maximum atomic E-state index is 14.4. The summed E-state index contributed by atoms with van der Waals surface area (Å²) < 4.78 is 53.8. The Morgan fingerprint density at radius 2 is 1.49 bits per heavy atom. The van der Waals surface area contributed by atoms with Crippen molar-refractivity contribution < 1.29 is 36.7 Å². The number of nitrogens with two attached hydrogens (primary N) is 1. The van der Waals surface area contributed by atoms with Gasteiger partial charge in [-0.15, -0.1) is 0 Å². The average molecular weight is 694 g/mol. The highest BCUT2D eigenvalue weighted by Gasteiger charge is 2.42. The summed E-state index contributed by atoms with van der Waals surface area (Å²) in [5.74, 6) is -2.86. The maximum absolute atomic E-state index is 14.4. The summed E-state index contributed by atoms with van der Waals surface area (Å²) in [6.45, 7) is 11.2. The number of aliphatic hydroxyl groups is 1. The first-order valence-corrected chi connectivity index (χ1v) is 19.3. The standard InChI is InChI=1S/C33H61F2N5O6S/c1-6-9-12-40(38-31(42)13-22(4)5)21-30(41)29(16-23-14-26(34)20-27(35)15-23)37-32(43)24-17-25(19-28(18-24)47(36,45)46)33(44)39(10-7-2)11-8-3/h22-30,41H,6-21H2,1-5H3,(H,37,43)(H,38,42)(H2,36,45,46). The fourth-order valence-corrected chi connectivity index (χ4v) is 8.02. The van der Waals surface area contributed by atoms with Crippen LogP contribution in [0, 0.1) is 23.7 Å². The minimum atomic E-state index is -4.06. The fourth-order valence-electron chi connectivity index (χ4n) is 7.02. The van der Waals surface area contributed by atoms with Crippen molar-refractivity contribution in [2.24, 2.45) is 28.8 Å². The molecule has 2 fully saturated rings. The van der Waals surface area contributed by atoms with Gasteiger partial charge < -0.3 is 15.3 Å². The Bertz CT molecular complexity index is 1080. The fraction of sp³-hybridized carbons (Fsp3) is 0.909. The number of unbranched alkanes of at least 4 members (excludes halogenated alkanes) is 1. The zero-order chi connectivity index (χ0) is 35.3. The molecule has 2 saturated carbocycles. The molecule has 0 heterocycles. The third kappa shape index (κ3) is 14.2. The van der Waals surface area contributed by atoms with Crippen molar-refractivity contribution in [3.8, 4) is 0 Å². The van der Waals surface area contributed by atoms with E-state index in [1.165, 1.54) is 0 Å². The van der Waals surface area contributed by atoms with Crippen molar-refractivity contribution in [2.75, 3.05) is 26.2 Å². The molecule has 274 valence electrons. The largest absolute Gasteiger partial charge is 0.390 e. The lowest BCUT2D eigenvalue weighted by Crippen LogP contribution is -2.55. The van der Waals surface area contributed by atoms with E-state index in [4.69, 9.17) is 5.14 Å². The van der Waals surface area contributed by atoms with Gasteiger partial charge in [-0.05, 0) is 69.6 Å². The van der Waals surface area contributed by atoms with E-state index in [1.807, 2.05) is 34.6 Å². The van der Waals surface area contributed by atoms with Gasteiger partial charge in [-0.2, -0.15) is 0 Å². The normalized spacial score (nSPS) is 26.5.